The first-order valence-corrected chi connectivity index (χ1v) is 2.11. The molecule has 0 aromatic carbocycles. The third-order valence-electron chi connectivity index (χ3n) is 0. The van der Waals surface area contributed by atoms with Crippen LogP contribution in [0.15, 0.2) is 0 Å². The van der Waals surface area contributed by atoms with Crippen LogP contribution in [0.1, 0.15) is 20.8 Å². The topological polar surface area (TPSA) is 51.2 Å². The zero-order chi connectivity index (χ0) is 8.12. The van der Waals surface area contributed by atoms with E-state index in [0.29, 0.717) is 0 Å². The van der Waals surface area contributed by atoms with Gasteiger partial charge in [0, 0.05) is 0 Å². The Morgan fingerprint density at radius 1 is 0.700 bits per heavy atom. The van der Waals surface area contributed by atoms with Crippen LogP contribution in [0.5, 0.6) is 0 Å². The Kier molecular flexibility index (Phi) is 164. The van der Waals surface area contributed by atoms with Gasteiger partial charge in [-0.05, 0) is 0 Å². The van der Waals surface area contributed by atoms with Crippen molar-refractivity contribution in [3.63, 3.8) is 0 Å². The summed E-state index contributed by atoms with van der Waals surface area (Å²) < 4.78 is 0. The van der Waals surface area contributed by atoms with E-state index >= 15 is 0 Å². The molecule has 0 saturated carbocycles. The van der Waals surface area contributed by atoms with E-state index in [0.717, 1.165) is 0 Å². The Labute approximate surface area is 73.9 Å². The molecular weight excluding hydrogens is 223 g/mol. The molecule has 0 amide bonds. The Morgan fingerprint density at radius 2 is 0.700 bits per heavy atom. The van der Waals surface area contributed by atoms with Crippen molar-refractivity contribution in [1.82, 2.24) is 0 Å². The Morgan fingerprint density at radius 3 is 0.700 bits per heavy atom. The van der Waals surface area contributed by atoms with Crippen molar-refractivity contribution in [2.24, 2.45) is 0 Å². The summed E-state index contributed by atoms with van der Waals surface area (Å²) in [4.78, 5) is 26.0. The molecule has 0 aliphatic rings. The van der Waals surface area contributed by atoms with Gasteiger partial charge in [-0.2, -0.15) is 20.8 Å². The van der Waals surface area contributed by atoms with E-state index in [-0.39, 0.29) is 19.5 Å². The maximum absolute atomic E-state index is 8.68. The second-order valence-corrected chi connectivity index (χ2v) is 0.612. The van der Waals surface area contributed by atoms with E-state index in [4.69, 9.17) is 14.4 Å². The van der Waals surface area contributed by atoms with Crippen molar-refractivity contribution in [1.29, 1.82) is 0 Å². The van der Waals surface area contributed by atoms with Crippen molar-refractivity contribution < 1.29 is 33.9 Å². The SMILES string of the molecule is C[C-]=O.C[C-]=O.C[C-]=O.[Rh+3]. The van der Waals surface area contributed by atoms with Crippen LogP contribution in [-0.2, 0) is 33.9 Å². The number of hydrogen-bond acceptors (Lipinski definition) is 3. The molecule has 10 heavy (non-hydrogen) atoms. The number of rotatable bonds is 0. The first-order chi connectivity index (χ1) is 4.24. The molecule has 0 spiro atoms. The Hall–Kier alpha value is -0.367. The summed E-state index contributed by atoms with van der Waals surface area (Å²) in [6.07, 6.45) is 4.50. The van der Waals surface area contributed by atoms with Gasteiger partial charge < -0.3 is 14.4 Å². The summed E-state index contributed by atoms with van der Waals surface area (Å²) in [5, 5.41) is 0. The molecule has 0 bridgehead atoms. The van der Waals surface area contributed by atoms with Gasteiger partial charge in [-0.1, -0.05) is 0 Å². The zero-order valence-electron chi connectivity index (χ0n) is 6.06. The minimum Gasteiger partial charge on any atom is -0.542 e. The van der Waals surface area contributed by atoms with Crippen molar-refractivity contribution in [2.45, 2.75) is 20.8 Å². The predicted molar refractivity (Wildman–Crippen MR) is 34.1 cm³/mol. The first kappa shape index (κ1) is 22.6. The fraction of sp³-hybridized carbons (Fsp3) is 0.500. The maximum Gasteiger partial charge on any atom is 3.00 e. The second-order valence-electron chi connectivity index (χ2n) is 0.612. The Bertz CT molecular complexity index is 49.7. The first-order valence-electron chi connectivity index (χ1n) is 2.11. The van der Waals surface area contributed by atoms with Gasteiger partial charge >= 0.3 is 19.5 Å². The molecule has 0 heterocycles. The number of hydrogen-bond donors (Lipinski definition) is 0. The van der Waals surface area contributed by atoms with Crippen LogP contribution >= 0.6 is 0 Å². The van der Waals surface area contributed by atoms with Crippen molar-refractivity contribution >= 4 is 18.9 Å². The van der Waals surface area contributed by atoms with Gasteiger partial charge in [-0.15, -0.1) is 0 Å². The third kappa shape index (κ3) is 2500. The van der Waals surface area contributed by atoms with Gasteiger partial charge in [0.25, 0.3) is 0 Å². The van der Waals surface area contributed by atoms with E-state index < -0.39 is 0 Å². The quantitative estimate of drug-likeness (QED) is 0.447. The summed E-state index contributed by atoms with van der Waals surface area (Å²) in [6, 6.07) is 0. The second kappa shape index (κ2) is 72.5. The summed E-state index contributed by atoms with van der Waals surface area (Å²) >= 11 is 0. The minimum atomic E-state index is 0. The van der Waals surface area contributed by atoms with Crippen LogP contribution in [0.2, 0.25) is 0 Å². The van der Waals surface area contributed by atoms with E-state index in [1.54, 1.807) is 0 Å². The summed E-state index contributed by atoms with van der Waals surface area (Å²) in [5.74, 6) is 0. The molecule has 0 N–H and O–H groups in total. The van der Waals surface area contributed by atoms with Crippen LogP contribution in [0.25, 0.3) is 0 Å². The van der Waals surface area contributed by atoms with Gasteiger partial charge in [0.1, 0.15) is 0 Å². The minimum absolute atomic E-state index is 0. The molecular formula is C6H9O3Rh. The number of carbonyl (C=O) groups excluding carboxylic acids is 3. The third-order valence-corrected chi connectivity index (χ3v) is 0. The van der Waals surface area contributed by atoms with Crippen LogP contribution in [0.3, 0.4) is 0 Å². The molecule has 0 aromatic rings. The van der Waals surface area contributed by atoms with Crippen molar-refractivity contribution in [2.75, 3.05) is 0 Å². The normalized spacial score (nSPS) is 3.90. The molecule has 0 saturated heterocycles. The van der Waals surface area contributed by atoms with Crippen LogP contribution in [-0.4, -0.2) is 18.9 Å². The predicted octanol–water partition coefficient (Wildman–Crippen LogP) is 0.346. The maximum atomic E-state index is 8.68. The molecule has 0 aliphatic heterocycles. The summed E-state index contributed by atoms with van der Waals surface area (Å²) in [6.45, 7) is 3.96. The van der Waals surface area contributed by atoms with Crippen LogP contribution < -0.4 is 0 Å². The Balaban J connectivity index is -0.0000000257. The molecule has 0 aliphatic carbocycles. The molecule has 0 rings (SSSR count). The van der Waals surface area contributed by atoms with Gasteiger partial charge in [-0.3, -0.25) is 18.9 Å². The fourth-order valence-electron chi connectivity index (χ4n) is 0. The summed E-state index contributed by atoms with van der Waals surface area (Å²) in [5.41, 5.74) is 0. The fourth-order valence-corrected chi connectivity index (χ4v) is 0. The molecule has 0 unspecified atom stereocenters. The smallest absolute Gasteiger partial charge is 0.542 e. The van der Waals surface area contributed by atoms with Gasteiger partial charge in [0.2, 0.25) is 0 Å². The molecule has 60 valence electrons. The summed E-state index contributed by atoms with van der Waals surface area (Å²) in [7, 11) is 0. The largest absolute Gasteiger partial charge is 3.00 e. The van der Waals surface area contributed by atoms with Crippen LogP contribution in [0.4, 0.5) is 0 Å². The molecule has 0 radical (unpaired) electrons. The molecule has 0 fully saturated rings. The average Bonchev–Trinajstić information content (AvgIpc) is 1.70. The molecule has 4 heteroatoms. The molecule has 0 aromatic heterocycles. The van der Waals surface area contributed by atoms with Gasteiger partial charge in [-0.25, -0.2) is 0 Å². The van der Waals surface area contributed by atoms with Gasteiger partial charge in [0.15, 0.2) is 0 Å². The van der Waals surface area contributed by atoms with E-state index in [2.05, 4.69) is 0 Å². The van der Waals surface area contributed by atoms with E-state index in [1.807, 2.05) is 0 Å². The van der Waals surface area contributed by atoms with Crippen molar-refractivity contribution in [3.8, 4) is 0 Å². The average molecular weight is 232 g/mol. The van der Waals surface area contributed by atoms with Crippen molar-refractivity contribution in [3.05, 3.63) is 0 Å². The van der Waals surface area contributed by atoms with E-state index in [1.165, 1.54) is 39.6 Å². The standard InChI is InChI=1S/3C2H3O.Rh/c3*1-2-3;/h3*1H3;/q3*-1;+3. The molecule has 3 nitrogen and oxygen atoms in total. The molecule has 0 atom stereocenters. The zero-order valence-corrected chi connectivity index (χ0v) is 7.70. The monoisotopic (exact) mass is 232 g/mol. The van der Waals surface area contributed by atoms with Gasteiger partial charge in [0.05, 0.1) is 0 Å². The van der Waals surface area contributed by atoms with Crippen LogP contribution in [0, 0.1) is 0 Å². The van der Waals surface area contributed by atoms with E-state index in [9.17, 15) is 0 Å².